The largest absolute Gasteiger partial charge is 0.491 e. The second kappa shape index (κ2) is 6.96. The predicted octanol–water partition coefficient (Wildman–Crippen LogP) is 4.46. The van der Waals surface area contributed by atoms with Crippen molar-refractivity contribution in [1.29, 1.82) is 0 Å². The van der Waals surface area contributed by atoms with Crippen molar-refractivity contribution in [2.45, 2.75) is 20.3 Å². The van der Waals surface area contributed by atoms with Crippen molar-refractivity contribution in [2.75, 3.05) is 26.2 Å². The molecule has 4 heteroatoms. The number of hydrogen-bond donors (Lipinski definition) is 0. The van der Waals surface area contributed by atoms with Crippen LogP contribution in [0.25, 0.3) is 0 Å². The van der Waals surface area contributed by atoms with Crippen molar-refractivity contribution < 1.29 is 4.74 Å². The highest BCUT2D eigenvalue weighted by Crippen LogP contribution is 2.27. The molecule has 1 aromatic carbocycles. The molecule has 1 fully saturated rings. The predicted molar refractivity (Wildman–Crippen MR) is 84.0 cm³/mol. The molecule has 0 unspecified atom stereocenters. The van der Waals surface area contributed by atoms with E-state index in [1.165, 1.54) is 19.5 Å². The Hall–Kier alpha value is -0.250. The molecule has 1 aliphatic heterocycles. The molecule has 0 aromatic heterocycles. The Morgan fingerprint density at radius 1 is 1.32 bits per heavy atom. The summed E-state index contributed by atoms with van der Waals surface area (Å²) in [7, 11) is 0. The number of piperidine rings is 1. The molecule has 106 valence electrons. The van der Waals surface area contributed by atoms with E-state index in [4.69, 9.17) is 16.3 Å². The zero-order valence-electron chi connectivity index (χ0n) is 11.5. The molecule has 1 aliphatic rings. The fourth-order valence-electron chi connectivity index (χ4n) is 2.85. The summed E-state index contributed by atoms with van der Waals surface area (Å²) < 4.78 is 6.75. The van der Waals surface area contributed by atoms with Gasteiger partial charge >= 0.3 is 0 Å². The van der Waals surface area contributed by atoms with Gasteiger partial charge in [0.15, 0.2) is 0 Å². The molecule has 2 nitrogen and oxygen atoms in total. The lowest BCUT2D eigenvalue weighted by Crippen LogP contribution is -2.40. The Balaban J connectivity index is 1.80. The van der Waals surface area contributed by atoms with E-state index in [-0.39, 0.29) is 0 Å². The molecule has 0 spiro atoms. The second-order valence-electron chi connectivity index (χ2n) is 5.63. The van der Waals surface area contributed by atoms with E-state index < -0.39 is 0 Å². The first-order chi connectivity index (χ1) is 9.04. The van der Waals surface area contributed by atoms with Gasteiger partial charge in [-0.05, 0) is 36.5 Å². The summed E-state index contributed by atoms with van der Waals surface area (Å²) in [5.74, 6) is 2.35. The van der Waals surface area contributed by atoms with E-state index in [1.54, 1.807) is 0 Å². The van der Waals surface area contributed by atoms with Gasteiger partial charge in [-0.15, -0.1) is 0 Å². The van der Waals surface area contributed by atoms with Crippen LogP contribution >= 0.6 is 27.5 Å². The third-order valence-corrected chi connectivity index (χ3v) is 4.29. The van der Waals surface area contributed by atoms with E-state index in [0.29, 0.717) is 11.6 Å². The Kier molecular flexibility index (Phi) is 5.55. The van der Waals surface area contributed by atoms with Crippen LogP contribution in [0.1, 0.15) is 20.3 Å². The van der Waals surface area contributed by atoms with Crippen molar-refractivity contribution in [3.8, 4) is 5.75 Å². The van der Waals surface area contributed by atoms with Gasteiger partial charge in [-0.1, -0.05) is 41.4 Å². The van der Waals surface area contributed by atoms with Crippen molar-refractivity contribution in [3.05, 3.63) is 27.7 Å². The topological polar surface area (TPSA) is 12.5 Å². The average molecular weight is 347 g/mol. The zero-order valence-corrected chi connectivity index (χ0v) is 13.9. The average Bonchev–Trinajstić information content (AvgIpc) is 2.30. The fourth-order valence-corrected chi connectivity index (χ4v) is 3.58. The molecule has 1 aromatic rings. The quantitative estimate of drug-likeness (QED) is 0.798. The van der Waals surface area contributed by atoms with Gasteiger partial charge < -0.3 is 4.74 Å². The maximum atomic E-state index is 6.13. The molecule has 0 radical (unpaired) electrons. The number of ether oxygens (including phenoxy) is 1. The van der Waals surface area contributed by atoms with Crippen LogP contribution in [0.3, 0.4) is 0 Å². The maximum Gasteiger partial charge on any atom is 0.138 e. The summed E-state index contributed by atoms with van der Waals surface area (Å²) in [4.78, 5) is 2.49. The summed E-state index contributed by atoms with van der Waals surface area (Å²) >= 11 is 9.52. The Morgan fingerprint density at radius 3 is 2.63 bits per heavy atom. The van der Waals surface area contributed by atoms with Gasteiger partial charge in [-0.2, -0.15) is 0 Å². The molecule has 2 atom stereocenters. The van der Waals surface area contributed by atoms with Crippen LogP contribution in [-0.4, -0.2) is 31.1 Å². The first-order valence-electron chi connectivity index (χ1n) is 6.85. The highest BCUT2D eigenvalue weighted by molar-refractivity contribution is 9.10. The molecular weight excluding hydrogens is 326 g/mol. The van der Waals surface area contributed by atoms with Gasteiger partial charge in [-0.25, -0.2) is 0 Å². The van der Waals surface area contributed by atoms with Crippen LogP contribution < -0.4 is 4.74 Å². The van der Waals surface area contributed by atoms with E-state index >= 15 is 0 Å². The molecule has 2 rings (SSSR count). The molecule has 0 amide bonds. The number of likely N-dealkylation sites (tertiary alicyclic amines) is 1. The van der Waals surface area contributed by atoms with E-state index in [2.05, 4.69) is 34.7 Å². The fraction of sp³-hybridized carbons (Fsp3) is 0.600. The first-order valence-corrected chi connectivity index (χ1v) is 8.02. The van der Waals surface area contributed by atoms with Gasteiger partial charge in [0.1, 0.15) is 12.4 Å². The lowest BCUT2D eigenvalue weighted by atomic mass is 9.92. The number of benzene rings is 1. The van der Waals surface area contributed by atoms with Crippen molar-refractivity contribution in [1.82, 2.24) is 4.90 Å². The molecular formula is C15H21BrClNO. The van der Waals surface area contributed by atoms with Crippen molar-refractivity contribution >= 4 is 27.5 Å². The smallest absolute Gasteiger partial charge is 0.138 e. The molecule has 1 saturated heterocycles. The Labute approximate surface area is 129 Å². The van der Waals surface area contributed by atoms with Gasteiger partial charge in [0.25, 0.3) is 0 Å². The summed E-state index contributed by atoms with van der Waals surface area (Å²) in [6.45, 7) is 8.69. The van der Waals surface area contributed by atoms with E-state index in [1.807, 2.05) is 18.2 Å². The van der Waals surface area contributed by atoms with Crippen LogP contribution in [0, 0.1) is 11.8 Å². The van der Waals surface area contributed by atoms with E-state index in [0.717, 1.165) is 28.6 Å². The normalized spacial score (nSPS) is 24.4. The van der Waals surface area contributed by atoms with Gasteiger partial charge in [-0.3, -0.25) is 4.90 Å². The second-order valence-corrected chi connectivity index (χ2v) is 6.95. The summed E-state index contributed by atoms with van der Waals surface area (Å²) in [5, 5.41) is 0.662. The molecule has 0 aliphatic carbocycles. The molecule has 1 heterocycles. The molecule has 0 saturated carbocycles. The van der Waals surface area contributed by atoms with Crippen LogP contribution in [0.5, 0.6) is 5.75 Å². The summed E-state index contributed by atoms with van der Waals surface area (Å²) in [6.07, 6.45) is 1.34. The lowest BCUT2D eigenvalue weighted by Gasteiger charge is -2.34. The minimum atomic E-state index is 0.662. The molecule has 19 heavy (non-hydrogen) atoms. The lowest BCUT2D eigenvalue weighted by molar-refractivity contribution is 0.120. The zero-order chi connectivity index (χ0) is 13.8. The standard InChI is InChI=1S/C15H21BrClNO/c1-11-7-12(2)10-18(9-11)5-6-19-15-4-3-13(16)8-14(15)17/h3-4,8,11-12H,5-7,9-10H2,1-2H3/t11-,12-/m1/s1. The molecule has 0 N–H and O–H groups in total. The molecule has 0 bridgehead atoms. The summed E-state index contributed by atoms with van der Waals surface area (Å²) in [5.41, 5.74) is 0. The summed E-state index contributed by atoms with van der Waals surface area (Å²) in [6, 6.07) is 5.72. The minimum absolute atomic E-state index is 0.662. The number of rotatable bonds is 4. The van der Waals surface area contributed by atoms with Crippen LogP contribution in [-0.2, 0) is 0 Å². The Bertz CT molecular complexity index is 417. The third-order valence-electron chi connectivity index (χ3n) is 3.50. The minimum Gasteiger partial charge on any atom is -0.491 e. The maximum absolute atomic E-state index is 6.13. The van der Waals surface area contributed by atoms with Gasteiger partial charge in [0.2, 0.25) is 0 Å². The van der Waals surface area contributed by atoms with Crippen LogP contribution in [0.2, 0.25) is 5.02 Å². The first kappa shape index (κ1) is 15.1. The Morgan fingerprint density at radius 2 is 2.00 bits per heavy atom. The highest BCUT2D eigenvalue weighted by atomic mass is 79.9. The number of halogens is 2. The highest BCUT2D eigenvalue weighted by Gasteiger charge is 2.21. The van der Waals surface area contributed by atoms with Crippen LogP contribution in [0.4, 0.5) is 0 Å². The SMILES string of the molecule is C[C@@H]1C[C@@H](C)CN(CCOc2ccc(Br)cc2Cl)C1. The number of hydrogen-bond acceptors (Lipinski definition) is 2. The van der Waals surface area contributed by atoms with Crippen molar-refractivity contribution in [2.24, 2.45) is 11.8 Å². The van der Waals surface area contributed by atoms with Gasteiger partial charge in [0.05, 0.1) is 5.02 Å². The monoisotopic (exact) mass is 345 g/mol. The van der Waals surface area contributed by atoms with Gasteiger partial charge in [0, 0.05) is 24.1 Å². The van der Waals surface area contributed by atoms with Crippen molar-refractivity contribution in [3.63, 3.8) is 0 Å². The third kappa shape index (κ3) is 4.66. The number of nitrogens with zero attached hydrogens (tertiary/aromatic N) is 1. The van der Waals surface area contributed by atoms with Crippen LogP contribution in [0.15, 0.2) is 22.7 Å². The van der Waals surface area contributed by atoms with E-state index in [9.17, 15) is 0 Å².